The van der Waals surface area contributed by atoms with E-state index in [0.29, 0.717) is 0 Å². The van der Waals surface area contributed by atoms with Crippen LogP contribution in [-0.2, 0) is 14.3 Å². The fourth-order valence-electron chi connectivity index (χ4n) is 1.69. The molecule has 1 unspecified atom stereocenters. The van der Waals surface area contributed by atoms with Crippen LogP contribution in [0.3, 0.4) is 0 Å². The summed E-state index contributed by atoms with van der Waals surface area (Å²) < 4.78 is 22.5. The minimum Gasteiger partial charge on any atom is -0.492 e. The summed E-state index contributed by atoms with van der Waals surface area (Å²) in [5, 5.41) is 0. The van der Waals surface area contributed by atoms with Crippen molar-refractivity contribution in [1.29, 1.82) is 0 Å². The van der Waals surface area contributed by atoms with E-state index in [2.05, 4.69) is 4.74 Å². The van der Waals surface area contributed by atoms with Crippen LogP contribution in [0.5, 0.6) is 5.75 Å². The van der Waals surface area contributed by atoms with Crippen molar-refractivity contribution < 1.29 is 28.2 Å². The van der Waals surface area contributed by atoms with Gasteiger partial charge in [-0.05, 0) is 18.2 Å². The van der Waals surface area contributed by atoms with Gasteiger partial charge in [-0.15, -0.1) is 0 Å². The van der Waals surface area contributed by atoms with E-state index in [1.54, 1.807) is 0 Å². The molecule has 0 amide bonds. The van der Waals surface area contributed by atoms with Crippen molar-refractivity contribution in [3.8, 4) is 5.75 Å². The minimum atomic E-state index is -1.27. The smallest absolute Gasteiger partial charge is 0.375 e. The van der Waals surface area contributed by atoms with Gasteiger partial charge in [-0.2, -0.15) is 0 Å². The van der Waals surface area contributed by atoms with Crippen molar-refractivity contribution in [3.63, 3.8) is 0 Å². The van der Waals surface area contributed by atoms with E-state index < -0.39 is 29.3 Å². The third-order valence-corrected chi connectivity index (χ3v) is 2.63. The molecule has 6 heteroatoms. The third kappa shape index (κ3) is 1.97. The Morgan fingerprint density at radius 3 is 2.83 bits per heavy atom. The number of ether oxygens (including phenoxy) is 2. The molecule has 1 aromatic rings. The molecule has 1 aromatic carbocycles. The summed E-state index contributed by atoms with van der Waals surface area (Å²) in [5.74, 6) is -4.42. The van der Waals surface area contributed by atoms with Crippen LogP contribution in [0.15, 0.2) is 18.2 Å². The average molecular weight is 252 g/mol. The number of hydrogen-bond donors (Lipinski definition) is 0. The van der Waals surface area contributed by atoms with Crippen LogP contribution in [0.4, 0.5) is 4.39 Å². The maximum atomic E-state index is 13.0. The predicted octanol–water partition coefficient (Wildman–Crippen LogP) is 0.759. The fourth-order valence-corrected chi connectivity index (χ4v) is 1.69. The van der Waals surface area contributed by atoms with E-state index in [4.69, 9.17) is 4.74 Å². The van der Waals surface area contributed by atoms with Crippen LogP contribution in [-0.4, -0.2) is 31.3 Å². The summed E-state index contributed by atoms with van der Waals surface area (Å²) in [7, 11) is 1.04. The molecule has 0 fully saturated rings. The largest absolute Gasteiger partial charge is 0.492 e. The minimum absolute atomic E-state index is 0.0384. The second kappa shape index (κ2) is 4.56. The van der Waals surface area contributed by atoms with Crippen molar-refractivity contribution >= 4 is 17.5 Å². The number of fused-ring (bicyclic) bond motifs is 1. The standard InChI is InChI=1S/C12H9FO5/c1-17-12(16)11(15)8-5-18-9-3-2-6(13)4-7(9)10(8)14/h2-4,8H,5H2,1H3. The molecule has 0 saturated carbocycles. The molecule has 0 spiro atoms. The number of Topliss-reactive ketones (excluding diaryl/α,β-unsaturated/α-hetero) is 2. The molecule has 0 N–H and O–H groups in total. The highest BCUT2D eigenvalue weighted by Crippen LogP contribution is 2.28. The lowest BCUT2D eigenvalue weighted by Gasteiger charge is -2.22. The number of methoxy groups -OCH3 is 1. The lowest BCUT2D eigenvalue weighted by atomic mass is 9.91. The van der Waals surface area contributed by atoms with E-state index in [-0.39, 0.29) is 17.9 Å². The van der Waals surface area contributed by atoms with E-state index >= 15 is 0 Å². The first kappa shape index (κ1) is 12.2. The Hall–Kier alpha value is -2.24. The molecular formula is C12H9FO5. The Labute approximate surface area is 101 Å². The number of ketones is 2. The number of esters is 1. The number of halogens is 1. The first-order valence-corrected chi connectivity index (χ1v) is 5.13. The third-order valence-electron chi connectivity index (χ3n) is 2.63. The summed E-state index contributed by atoms with van der Waals surface area (Å²) >= 11 is 0. The van der Waals surface area contributed by atoms with Gasteiger partial charge in [-0.25, -0.2) is 9.18 Å². The van der Waals surface area contributed by atoms with Gasteiger partial charge in [0.05, 0.1) is 12.7 Å². The van der Waals surface area contributed by atoms with E-state index in [9.17, 15) is 18.8 Å². The van der Waals surface area contributed by atoms with Gasteiger partial charge in [-0.3, -0.25) is 9.59 Å². The summed E-state index contributed by atoms with van der Waals surface area (Å²) in [5.41, 5.74) is -0.0384. The van der Waals surface area contributed by atoms with Gasteiger partial charge in [0.1, 0.15) is 24.1 Å². The molecule has 0 radical (unpaired) electrons. The van der Waals surface area contributed by atoms with Gasteiger partial charge in [-0.1, -0.05) is 0 Å². The van der Waals surface area contributed by atoms with Crippen LogP contribution in [0, 0.1) is 11.7 Å². The number of carbonyl (C=O) groups excluding carboxylic acids is 3. The quantitative estimate of drug-likeness (QED) is 0.441. The summed E-state index contributed by atoms with van der Waals surface area (Å²) in [6.45, 7) is -0.245. The Bertz CT molecular complexity index is 537. The van der Waals surface area contributed by atoms with E-state index in [1.165, 1.54) is 6.07 Å². The Kier molecular flexibility index (Phi) is 3.10. The van der Waals surface area contributed by atoms with Crippen molar-refractivity contribution in [2.75, 3.05) is 13.7 Å². The van der Waals surface area contributed by atoms with Crippen LogP contribution >= 0.6 is 0 Å². The molecule has 94 valence electrons. The average Bonchev–Trinajstić information content (AvgIpc) is 2.38. The molecule has 1 heterocycles. The summed E-state index contributed by atoms with van der Waals surface area (Å²) in [6, 6.07) is 3.43. The van der Waals surface area contributed by atoms with Crippen molar-refractivity contribution in [1.82, 2.24) is 0 Å². The lowest BCUT2D eigenvalue weighted by Crippen LogP contribution is -2.38. The molecule has 5 nitrogen and oxygen atoms in total. The fraction of sp³-hybridized carbons (Fsp3) is 0.250. The molecule has 1 aliphatic heterocycles. The molecule has 2 rings (SSSR count). The second-order valence-corrected chi connectivity index (χ2v) is 3.72. The Morgan fingerprint density at radius 1 is 1.44 bits per heavy atom. The summed E-state index contributed by atoms with van der Waals surface area (Å²) in [6.07, 6.45) is 0. The first-order valence-electron chi connectivity index (χ1n) is 5.13. The van der Waals surface area contributed by atoms with Crippen molar-refractivity contribution in [2.45, 2.75) is 0 Å². The van der Waals surface area contributed by atoms with Crippen LogP contribution in [0.1, 0.15) is 10.4 Å². The molecule has 0 saturated heterocycles. The molecule has 1 aliphatic rings. The van der Waals surface area contributed by atoms with E-state index in [0.717, 1.165) is 19.2 Å². The Balaban J connectivity index is 2.33. The Morgan fingerprint density at radius 2 is 2.17 bits per heavy atom. The monoisotopic (exact) mass is 252 g/mol. The highest BCUT2D eigenvalue weighted by molar-refractivity contribution is 6.39. The highest BCUT2D eigenvalue weighted by atomic mass is 19.1. The maximum absolute atomic E-state index is 13.0. The normalized spacial score (nSPS) is 17.7. The zero-order valence-electron chi connectivity index (χ0n) is 9.44. The van der Waals surface area contributed by atoms with Crippen molar-refractivity contribution in [2.24, 2.45) is 5.92 Å². The first-order chi connectivity index (χ1) is 8.54. The van der Waals surface area contributed by atoms with Gasteiger partial charge in [0, 0.05) is 0 Å². The van der Waals surface area contributed by atoms with Gasteiger partial charge in [0.15, 0.2) is 5.78 Å². The zero-order valence-corrected chi connectivity index (χ0v) is 9.44. The van der Waals surface area contributed by atoms with Crippen molar-refractivity contribution in [3.05, 3.63) is 29.6 Å². The number of benzene rings is 1. The van der Waals surface area contributed by atoms with Crippen LogP contribution in [0.2, 0.25) is 0 Å². The van der Waals surface area contributed by atoms with Gasteiger partial charge >= 0.3 is 5.97 Å². The molecule has 0 aliphatic carbocycles. The topological polar surface area (TPSA) is 69.7 Å². The molecule has 18 heavy (non-hydrogen) atoms. The van der Waals surface area contributed by atoms with Crippen LogP contribution < -0.4 is 4.74 Å². The summed E-state index contributed by atoms with van der Waals surface area (Å²) in [4.78, 5) is 34.6. The van der Waals surface area contributed by atoms with Gasteiger partial charge in [0.2, 0.25) is 0 Å². The van der Waals surface area contributed by atoms with Gasteiger partial charge < -0.3 is 9.47 Å². The maximum Gasteiger partial charge on any atom is 0.375 e. The number of hydrogen-bond acceptors (Lipinski definition) is 5. The molecular weight excluding hydrogens is 243 g/mol. The van der Waals surface area contributed by atoms with E-state index in [1.807, 2.05) is 0 Å². The van der Waals surface area contributed by atoms with Crippen LogP contribution in [0.25, 0.3) is 0 Å². The second-order valence-electron chi connectivity index (χ2n) is 3.72. The molecule has 1 atom stereocenters. The van der Waals surface area contributed by atoms with Gasteiger partial charge in [0.25, 0.3) is 5.78 Å². The molecule has 0 bridgehead atoms. The predicted molar refractivity (Wildman–Crippen MR) is 56.7 cm³/mol. The number of rotatable bonds is 2. The number of carbonyl (C=O) groups is 3. The zero-order chi connectivity index (χ0) is 13.3. The molecule has 0 aromatic heterocycles. The lowest BCUT2D eigenvalue weighted by molar-refractivity contribution is -0.153. The highest BCUT2D eigenvalue weighted by Gasteiger charge is 2.38. The SMILES string of the molecule is COC(=O)C(=O)C1COc2ccc(F)cc2C1=O.